The smallest absolute Gasteiger partial charge is 0.341 e. The van der Waals surface area contributed by atoms with Crippen LogP contribution in [0.4, 0.5) is 5.00 Å². The van der Waals surface area contributed by atoms with Crippen molar-refractivity contribution in [3.05, 3.63) is 62.7 Å². The van der Waals surface area contributed by atoms with Gasteiger partial charge in [-0.3, -0.25) is 4.79 Å². The number of carbonyl (C=O) groups is 2. The van der Waals surface area contributed by atoms with Gasteiger partial charge in [-0.15, -0.1) is 22.7 Å². The summed E-state index contributed by atoms with van der Waals surface area (Å²) < 4.78 is 4.96. The van der Waals surface area contributed by atoms with Crippen LogP contribution in [0, 0.1) is 13.8 Å². The molecule has 0 saturated heterocycles. The van der Waals surface area contributed by atoms with Gasteiger partial charge in [-0.2, -0.15) is 0 Å². The van der Waals surface area contributed by atoms with Crippen LogP contribution in [0.15, 0.2) is 41.1 Å². The van der Waals surface area contributed by atoms with Crippen LogP contribution in [0.3, 0.4) is 0 Å². The quantitative estimate of drug-likeness (QED) is 0.647. The first-order valence-corrected chi connectivity index (χ1v) is 9.39. The van der Waals surface area contributed by atoms with Gasteiger partial charge in [-0.25, -0.2) is 4.79 Å². The Hall–Kier alpha value is -2.44. The van der Waals surface area contributed by atoms with E-state index >= 15 is 0 Å². The Morgan fingerprint density at radius 1 is 1.08 bits per heavy atom. The Morgan fingerprint density at radius 3 is 2.56 bits per heavy atom. The average molecular weight is 371 g/mol. The van der Waals surface area contributed by atoms with E-state index in [0.29, 0.717) is 15.4 Å². The van der Waals surface area contributed by atoms with E-state index < -0.39 is 5.97 Å². The maximum atomic E-state index is 12.4. The van der Waals surface area contributed by atoms with Crippen LogP contribution in [-0.2, 0) is 4.74 Å². The van der Waals surface area contributed by atoms with E-state index in [9.17, 15) is 9.59 Å². The molecule has 0 unspecified atom stereocenters. The zero-order valence-corrected chi connectivity index (χ0v) is 15.7. The summed E-state index contributed by atoms with van der Waals surface area (Å²) in [5.41, 5.74) is 4.30. The number of hydrogen-bond acceptors (Lipinski definition) is 5. The van der Waals surface area contributed by atoms with E-state index in [1.165, 1.54) is 29.8 Å². The summed E-state index contributed by atoms with van der Waals surface area (Å²) in [4.78, 5) is 25.3. The van der Waals surface area contributed by atoms with Gasteiger partial charge in [0, 0.05) is 10.9 Å². The van der Waals surface area contributed by atoms with Crippen molar-refractivity contribution in [2.24, 2.45) is 0 Å². The third-order valence-electron chi connectivity index (χ3n) is 3.84. The second-order valence-electron chi connectivity index (χ2n) is 5.59. The summed E-state index contributed by atoms with van der Waals surface area (Å²) in [6.07, 6.45) is 0. The molecule has 0 aliphatic rings. The molecule has 2 heterocycles. The molecule has 0 aliphatic carbocycles. The molecule has 25 heavy (non-hydrogen) atoms. The monoisotopic (exact) mass is 371 g/mol. The summed E-state index contributed by atoms with van der Waals surface area (Å²) in [5, 5.41) is 7.07. The molecule has 0 spiro atoms. The molecule has 0 aliphatic heterocycles. The van der Waals surface area contributed by atoms with Crippen molar-refractivity contribution in [1.82, 2.24) is 0 Å². The molecule has 3 aromatic rings. The fraction of sp³-hybridized carbons (Fsp3) is 0.158. The third-order valence-corrected chi connectivity index (χ3v) is 5.60. The maximum Gasteiger partial charge on any atom is 0.341 e. The maximum absolute atomic E-state index is 12.4. The van der Waals surface area contributed by atoms with E-state index in [-0.39, 0.29) is 5.91 Å². The molecule has 1 N–H and O–H groups in total. The van der Waals surface area contributed by atoms with Gasteiger partial charge in [0.1, 0.15) is 10.6 Å². The number of thiophene rings is 2. The van der Waals surface area contributed by atoms with Gasteiger partial charge in [0.2, 0.25) is 0 Å². The first kappa shape index (κ1) is 17.4. The summed E-state index contributed by atoms with van der Waals surface area (Å²) in [5.74, 6) is -0.687. The normalized spacial score (nSPS) is 10.5. The fourth-order valence-electron chi connectivity index (χ4n) is 2.55. The molecule has 0 atom stereocenters. The molecule has 0 saturated carbocycles. The number of rotatable bonds is 4. The van der Waals surface area contributed by atoms with E-state index in [4.69, 9.17) is 4.74 Å². The highest BCUT2D eigenvalue weighted by Crippen LogP contribution is 2.38. The second-order valence-corrected chi connectivity index (χ2v) is 7.42. The third kappa shape index (κ3) is 3.50. The highest BCUT2D eigenvalue weighted by atomic mass is 32.1. The van der Waals surface area contributed by atoms with E-state index in [2.05, 4.69) is 5.32 Å². The molecular formula is C19H17NO3S2. The molecule has 0 fully saturated rings. The lowest BCUT2D eigenvalue weighted by molar-refractivity contribution is 0.0603. The molecule has 3 rings (SSSR count). The van der Waals surface area contributed by atoms with Crippen molar-refractivity contribution < 1.29 is 14.3 Å². The van der Waals surface area contributed by atoms with Crippen LogP contribution in [0.5, 0.6) is 0 Å². The van der Waals surface area contributed by atoms with Crippen molar-refractivity contribution in [3.8, 4) is 11.1 Å². The van der Waals surface area contributed by atoms with Gasteiger partial charge in [-0.1, -0.05) is 29.8 Å². The van der Waals surface area contributed by atoms with Gasteiger partial charge >= 0.3 is 5.97 Å². The Morgan fingerprint density at radius 2 is 1.88 bits per heavy atom. The Labute approximate surface area is 154 Å². The van der Waals surface area contributed by atoms with Crippen LogP contribution in [0.2, 0.25) is 0 Å². The molecule has 0 radical (unpaired) electrons. The minimum atomic E-state index is -0.460. The highest BCUT2D eigenvalue weighted by molar-refractivity contribution is 7.15. The summed E-state index contributed by atoms with van der Waals surface area (Å²) in [6, 6.07) is 9.65. The number of benzene rings is 1. The van der Waals surface area contributed by atoms with Crippen molar-refractivity contribution in [1.29, 1.82) is 0 Å². The lowest BCUT2D eigenvalue weighted by atomic mass is 9.97. The summed E-state index contributed by atoms with van der Waals surface area (Å²) in [6.45, 7) is 4.00. The standard InChI is InChI=1S/C19H17NO3S2/c1-11-6-7-12(2)13(9-11)14-10-25-18(16(14)19(22)23-3)20-17(21)15-5-4-8-24-15/h4-10H,1-3H3,(H,20,21). The predicted molar refractivity (Wildman–Crippen MR) is 103 cm³/mol. The number of methoxy groups -OCH3 is 1. The molecule has 0 bridgehead atoms. The number of esters is 1. The van der Waals surface area contributed by atoms with Crippen LogP contribution < -0.4 is 5.32 Å². The molecule has 128 valence electrons. The number of carbonyl (C=O) groups excluding carboxylic acids is 2. The second kappa shape index (κ2) is 7.21. The van der Waals surface area contributed by atoms with E-state index in [0.717, 1.165) is 22.3 Å². The Balaban J connectivity index is 2.06. The van der Waals surface area contributed by atoms with Crippen LogP contribution in [0.1, 0.15) is 31.2 Å². The fourth-order valence-corrected chi connectivity index (χ4v) is 4.11. The molecule has 4 nitrogen and oxygen atoms in total. The van der Waals surface area contributed by atoms with Crippen molar-refractivity contribution in [2.75, 3.05) is 12.4 Å². The number of aryl methyl sites for hydroxylation is 2. The zero-order valence-electron chi connectivity index (χ0n) is 14.1. The minimum absolute atomic E-state index is 0.227. The SMILES string of the molecule is COC(=O)c1c(-c2cc(C)ccc2C)csc1NC(=O)c1cccs1. The summed E-state index contributed by atoms with van der Waals surface area (Å²) in [7, 11) is 1.34. The number of hydrogen-bond donors (Lipinski definition) is 1. The lowest BCUT2D eigenvalue weighted by Crippen LogP contribution is -2.13. The lowest BCUT2D eigenvalue weighted by Gasteiger charge is -2.10. The number of nitrogens with one attached hydrogen (secondary N) is 1. The number of anilines is 1. The number of amides is 1. The van der Waals surface area contributed by atoms with Crippen LogP contribution in [-0.4, -0.2) is 19.0 Å². The highest BCUT2D eigenvalue weighted by Gasteiger charge is 2.23. The average Bonchev–Trinajstić information content (AvgIpc) is 3.26. The largest absolute Gasteiger partial charge is 0.465 e. The van der Waals surface area contributed by atoms with Gasteiger partial charge in [-0.05, 0) is 36.4 Å². The van der Waals surface area contributed by atoms with Gasteiger partial charge in [0.25, 0.3) is 5.91 Å². The van der Waals surface area contributed by atoms with Crippen molar-refractivity contribution >= 4 is 39.6 Å². The van der Waals surface area contributed by atoms with Gasteiger partial charge in [0.05, 0.1) is 12.0 Å². The molecule has 2 aromatic heterocycles. The zero-order chi connectivity index (χ0) is 18.0. The van der Waals surface area contributed by atoms with Crippen LogP contribution >= 0.6 is 22.7 Å². The van der Waals surface area contributed by atoms with Crippen molar-refractivity contribution in [2.45, 2.75) is 13.8 Å². The topological polar surface area (TPSA) is 55.4 Å². The summed E-state index contributed by atoms with van der Waals surface area (Å²) >= 11 is 2.68. The van der Waals surface area contributed by atoms with Gasteiger partial charge < -0.3 is 10.1 Å². The Bertz CT molecular complexity index is 926. The Kier molecular flexibility index (Phi) is 5.01. The number of ether oxygens (including phenoxy) is 1. The van der Waals surface area contributed by atoms with E-state index in [1.54, 1.807) is 6.07 Å². The van der Waals surface area contributed by atoms with E-state index in [1.807, 2.05) is 48.9 Å². The molecule has 1 amide bonds. The first-order valence-electron chi connectivity index (χ1n) is 7.63. The minimum Gasteiger partial charge on any atom is -0.465 e. The molecular weight excluding hydrogens is 354 g/mol. The molecule has 1 aromatic carbocycles. The first-order chi connectivity index (χ1) is 12.0. The molecule has 6 heteroatoms. The predicted octanol–water partition coefficient (Wildman–Crippen LogP) is 5.13. The van der Waals surface area contributed by atoms with Crippen LogP contribution in [0.25, 0.3) is 11.1 Å². The van der Waals surface area contributed by atoms with Gasteiger partial charge in [0.15, 0.2) is 0 Å². The van der Waals surface area contributed by atoms with Crippen molar-refractivity contribution in [3.63, 3.8) is 0 Å².